The van der Waals surface area contributed by atoms with Crippen molar-refractivity contribution in [1.29, 1.82) is 0 Å². The number of nitrogens with zero attached hydrogens (tertiary/aromatic N) is 1. The third-order valence-corrected chi connectivity index (χ3v) is 4.88. The van der Waals surface area contributed by atoms with Crippen molar-refractivity contribution in [1.82, 2.24) is 4.90 Å². The molecule has 1 N–H and O–H groups in total. The largest absolute Gasteiger partial charge is 0.481 e. The summed E-state index contributed by atoms with van der Waals surface area (Å²) in [5, 5.41) is 9.01. The van der Waals surface area contributed by atoms with Crippen molar-refractivity contribution >= 4 is 17.7 Å². The van der Waals surface area contributed by atoms with Crippen LogP contribution >= 0.6 is 11.8 Å². The van der Waals surface area contributed by atoms with Crippen LogP contribution in [0.25, 0.3) is 0 Å². The van der Waals surface area contributed by atoms with E-state index in [2.05, 4.69) is 43.0 Å². The molecule has 0 bridgehead atoms. The first-order chi connectivity index (χ1) is 9.56. The van der Waals surface area contributed by atoms with Crippen LogP contribution < -0.4 is 0 Å². The van der Waals surface area contributed by atoms with Crippen LogP contribution in [0.2, 0.25) is 0 Å². The molecule has 20 heavy (non-hydrogen) atoms. The molecule has 0 spiro atoms. The molecule has 1 aromatic carbocycles. The van der Waals surface area contributed by atoms with E-state index in [1.165, 1.54) is 11.1 Å². The first-order valence-electron chi connectivity index (χ1n) is 7.18. The highest BCUT2D eigenvalue weighted by molar-refractivity contribution is 7.99. The van der Waals surface area contributed by atoms with Gasteiger partial charge in [-0.1, -0.05) is 38.1 Å². The molecule has 4 heteroatoms. The SMILES string of the molecule is CC(C)c1ccc(CN2CCSCC2CC(=O)O)cc1. The standard InChI is InChI=1S/C16H23NO2S/c1-12(2)14-5-3-13(4-6-14)10-17-7-8-20-11-15(17)9-16(18)19/h3-6,12,15H,7-11H2,1-2H3,(H,18,19). The summed E-state index contributed by atoms with van der Waals surface area (Å²) in [6.45, 7) is 6.23. The second-order valence-corrected chi connectivity index (χ2v) is 6.84. The fourth-order valence-electron chi connectivity index (χ4n) is 2.53. The third-order valence-electron chi connectivity index (χ3n) is 3.79. The van der Waals surface area contributed by atoms with Crippen molar-refractivity contribution < 1.29 is 9.90 Å². The maximum absolute atomic E-state index is 10.9. The van der Waals surface area contributed by atoms with Gasteiger partial charge in [0.15, 0.2) is 0 Å². The second kappa shape index (κ2) is 7.14. The van der Waals surface area contributed by atoms with Gasteiger partial charge >= 0.3 is 5.97 Å². The Morgan fingerprint density at radius 3 is 2.70 bits per heavy atom. The normalized spacial score (nSPS) is 20.2. The fraction of sp³-hybridized carbons (Fsp3) is 0.562. The van der Waals surface area contributed by atoms with E-state index in [0.29, 0.717) is 5.92 Å². The van der Waals surface area contributed by atoms with Crippen molar-refractivity contribution in [3.05, 3.63) is 35.4 Å². The van der Waals surface area contributed by atoms with E-state index in [4.69, 9.17) is 5.11 Å². The minimum atomic E-state index is -0.697. The molecule has 1 unspecified atom stereocenters. The van der Waals surface area contributed by atoms with Gasteiger partial charge in [-0.25, -0.2) is 0 Å². The van der Waals surface area contributed by atoms with Crippen LogP contribution in [0.3, 0.4) is 0 Å². The Balaban J connectivity index is 2.00. The van der Waals surface area contributed by atoms with E-state index < -0.39 is 5.97 Å². The second-order valence-electron chi connectivity index (χ2n) is 5.69. The Morgan fingerprint density at radius 2 is 2.10 bits per heavy atom. The molecule has 0 saturated carbocycles. The quantitative estimate of drug-likeness (QED) is 0.905. The van der Waals surface area contributed by atoms with Gasteiger partial charge in [-0.05, 0) is 17.0 Å². The number of carboxylic acids is 1. The summed E-state index contributed by atoms with van der Waals surface area (Å²) in [7, 11) is 0. The van der Waals surface area contributed by atoms with E-state index in [9.17, 15) is 4.79 Å². The molecule has 2 rings (SSSR count). The minimum Gasteiger partial charge on any atom is -0.481 e. The van der Waals surface area contributed by atoms with Crippen molar-refractivity contribution in [2.45, 2.75) is 38.8 Å². The number of hydrogen-bond donors (Lipinski definition) is 1. The van der Waals surface area contributed by atoms with Gasteiger partial charge in [-0.3, -0.25) is 9.69 Å². The van der Waals surface area contributed by atoms with Gasteiger partial charge in [0.2, 0.25) is 0 Å². The Kier molecular flexibility index (Phi) is 5.49. The molecule has 1 aliphatic rings. The summed E-state index contributed by atoms with van der Waals surface area (Å²) in [6.07, 6.45) is 0.247. The number of aliphatic carboxylic acids is 1. The number of rotatable bonds is 5. The van der Waals surface area contributed by atoms with Gasteiger partial charge < -0.3 is 5.11 Å². The van der Waals surface area contributed by atoms with Crippen LogP contribution in [-0.4, -0.2) is 40.1 Å². The topological polar surface area (TPSA) is 40.5 Å². The van der Waals surface area contributed by atoms with Gasteiger partial charge in [0.1, 0.15) is 0 Å². The van der Waals surface area contributed by atoms with E-state index in [0.717, 1.165) is 24.6 Å². The average molecular weight is 293 g/mol. The smallest absolute Gasteiger partial charge is 0.304 e. The van der Waals surface area contributed by atoms with Crippen LogP contribution in [0, 0.1) is 0 Å². The van der Waals surface area contributed by atoms with Crippen LogP contribution in [0.15, 0.2) is 24.3 Å². The van der Waals surface area contributed by atoms with E-state index in [1.54, 1.807) is 0 Å². The van der Waals surface area contributed by atoms with Gasteiger partial charge in [-0.15, -0.1) is 0 Å². The molecule has 3 nitrogen and oxygen atoms in total. The molecular weight excluding hydrogens is 270 g/mol. The molecule has 0 aliphatic carbocycles. The zero-order valence-electron chi connectivity index (χ0n) is 12.2. The molecule has 1 aliphatic heterocycles. The number of hydrogen-bond acceptors (Lipinski definition) is 3. The first-order valence-corrected chi connectivity index (χ1v) is 8.34. The summed E-state index contributed by atoms with van der Waals surface area (Å²) in [5.74, 6) is 1.88. The monoisotopic (exact) mass is 293 g/mol. The number of carboxylic acid groups (broad SMARTS) is 1. The predicted molar refractivity (Wildman–Crippen MR) is 84.3 cm³/mol. The van der Waals surface area contributed by atoms with Crippen molar-refractivity contribution in [2.75, 3.05) is 18.1 Å². The molecule has 0 aromatic heterocycles. The molecular formula is C16H23NO2S. The third kappa shape index (κ3) is 4.25. The van der Waals surface area contributed by atoms with Crippen LogP contribution in [0.5, 0.6) is 0 Å². The molecule has 1 atom stereocenters. The first kappa shape index (κ1) is 15.4. The lowest BCUT2D eigenvalue weighted by molar-refractivity contribution is -0.138. The van der Waals surface area contributed by atoms with Gasteiger partial charge in [0, 0.05) is 30.6 Å². The Hall–Kier alpha value is -1.00. The van der Waals surface area contributed by atoms with Crippen LogP contribution in [-0.2, 0) is 11.3 Å². The zero-order chi connectivity index (χ0) is 14.5. The maximum Gasteiger partial charge on any atom is 0.304 e. The maximum atomic E-state index is 10.9. The highest BCUT2D eigenvalue weighted by atomic mass is 32.2. The van der Waals surface area contributed by atoms with E-state index in [1.807, 2.05) is 11.8 Å². The summed E-state index contributed by atoms with van der Waals surface area (Å²) >= 11 is 1.86. The average Bonchev–Trinajstić information content (AvgIpc) is 2.41. The van der Waals surface area contributed by atoms with Gasteiger partial charge in [-0.2, -0.15) is 11.8 Å². The van der Waals surface area contributed by atoms with Crippen molar-refractivity contribution in [3.8, 4) is 0 Å². The highest BCUT2D eigenvalue weighted by Crippen LogP contribution is 2.22. The molecule has 1 aromatic rings. The minimum absolute atomic E-state index is 0.163. The molecule has 1 fully saturated rings. The van der Waals surface area contributed by atoms with Gasteiger partial charge in [0.05, 0.1) is 6.42 Å². The molecule has 0 amide bonds. The fourth-order valence-corrected chi connectivity index (χ4v) is 3.66. The summed E-state index contributed by atoms with van der Waals surface area (Å²) < 4.78 is 0. The number of thioether (sulfide) groups is 1. The summed E-state index contributed by atoms with van der Waals surface area (Å²) in [6, 6.07) is 8.88. The lowest BCUT2D eigenvalue weighted by Gasteiger charge is -2.34. The van der Waals surface area contributed by atoms with E-state index in [-0.39, 0.29) is 12.5 Å². The summed E-state index contributed by atoms with van der Waals surface area (Å²) in [5.41, 5.74) is 2.63. The molecule has 1 heterocycles. The highest BCUT2D eigenvalue weighted by Gasteiger charge is 2.24. The molecule has 110 valence electrons. The van der Waals surface area contributed by atoms with Crippen molar-refractivity contribution in [3.63, 3.8) is 0 Å². The molecule has 1 saturated heterocycles. The van der Waals surface area contributed by atoms with Crippen molar-refractivity contribution in [2.24, 2.45) is 0 Å². The lowest BCUT2D eigenvalue weighted by Crippen LogP contribution is -2.42. The number of carbonyl (C=O) groups is 1. The predicted octanol–water partition coefficient (Wildman–Crippen LogP) is 3.20. The van der Waals surface area contributed by atoms with Gasteiger partial charge in [0.25, 0.3) is 0 Å². The Morgan fingerprint density at radius 1 is 1.40 bits per heavy atom. The lowest BCUT2D eigenvalue weighted by atomic mass is 10.0. The van der Waals surface area contributed by atoms with Crippen LogP contribution in [0.4, 0.5) is 0 Å². The summed E-state index contributed by atoms with van der Waals surface area (Å²) in [4.78, 5) is 13.3. The Bertz CT molecular complexity index is 444. The Labute approximate surface area is 125 Å². The number of benzene rings is 1. The zero-order valence-corrected chi connectivity index (χ0v) is 13.0. The van der Waals surface area contributed by atoms with Crippen LogP contribution in [0.1, 0.15) is 37.3 Å². The molecule has 0 radical (unpaired) electrons. The van der Waals surface area contributed by atoms with E-state index >= 15 is 0 Å².